The second-order valence-corrected chi connectivity index (χ2v) is 8.15. The number of hydrogen-bond acceptors (Lipinski definition) is 6. The molecule has 1 aromatic heterocycles. The van der Waals surface area contributed by atoms with Crippen LogP contribution in [0.1, 0.15) is 29.3 Å². The molecule has 1 heterocycles. The Morgan fingerprint density at radius 2 is 1.65 bits per heavy atom. The predicted molar refractivity (Wildman–Crippen MR) is 131 cm³/mol. The minimum Gasteiger partial charge on any atom is -0.508 e. The van der Waals surface area contributed by atoms with E-state index in [2.05, 4.69) is 5.32 Å². The van der Waals surface area contributed by atoms with Gasteiger partial charge in [0, 0.05) is 23.2 Å². The van der Waals surface area contributed by atoms with Crippen LogP contribution < -0.4 is 10.9 Å². The van der Waals surface area contributed by atoms with Crippen molar-refractivity contribution < 1.29 is 19.8 Å². The van der Waals surface area contributed by atoms with Crippen molar-refractivity contribution in [1.29, 1.82) is 0 Å². The molecule has 0 saturated carbocycles. The van der Waals surface area contributed by atoms with Crippen molar-refractivity contribution in [1.82, 2.24) is 4.57 Å². The van der Waals surface area contributed by atoms with E-state index >= 15 is 0 Å². The fraction of sp³-hybridized carbons (Fsp3) is 0.148. The molecule has 1 atom stereocenters. The van der Waals surface area contributed by atoms with Crippen LogP contribution in [0.25, 0.3) is 16.6 Å². The maximum absolute atomic E-state index is 13.5. The van der Waals surface area contributed by atoms with Crippen LogP contribution in [0.3, 0.4) is 0 Å². The van der Waals surface area contributed by atoms with Gasteiger partial charge in [-0.15, -0.1) is 0 Å². The fourth-order valence-electron chi connectivity index (χ4n) is 3.94. The van der Waals surface area contributed by atoms with Gasteiger partial charge >= 0.3 is 0 Å². The van der Waals surface area contributed by atoms with E-state index in [1.54, 1.807) is 67.6 Å². The van der Waals surface area contributed by atoms with Crippen molar-refractivity contribution in [3.63, 3.8) is 0 Å². The van der Waals surface area contributed by atoms with Gasteiger partial charge in [0.1, 0.15) is 17.1 Å². The highest BCUT2D eigenvalue weighted by atomic mass is 16.3. The zero-order valence-electron chi connectivity index (χ0n) is 18.8. The van der Waals surface area contributed by atoms with Crippen molar-refractivity contribution in [3.8, 4) is 17.2 Å². The Balaban J connectivity index is 1.78. The molecule has 7 nitrogen and oxygen atoms in total. The Morgan fingerprint density at radius 1 is 0.971 bits per heavy atom. The van der Waals surface area contributed by atoms with E-state index in [1.165, 1.54) is 17.6 Å². The summed E-state index contributed by atoms with van der Waals surface area (Å²) in [5.41, 5.74) is 1.16. The van der Waals surface area contributed by atoms with E-state index in [9.17, 15) is 24.6 Å². The number of nitrogens with zero attached hydrogens (tertiary/aromatic N) is 1. The lowest BCUT2D eigenvalue weighted by atomic mass is 9.99. The van der Waals surface area contributed by atoms with Crippen LogP contribution in [0.5, 0.6) is 11.5 Å². The van der Waals surface area contributed by atoms with Crippen molar-refractivity contribution in [2.24, 2.45) is 0 Å². The van der Waals surface area contributed by atoms with Crippen LogP contribution in [0.4, 0.5) is 5.69 Å². The zero-order valence-corrected chi connectivity index (χ0v) is 18.8. The summed E-state index contributed by atoms with van der Waals surface area (Å²) in [6.45, 7) is 3.06. The maximum Gasteiger partial charge on any atom is 0.270 e. The number of phenolic OH excluding ortho intramolecular Hbond substituents is 1. The molecule has 34 heavy (non-hydrogen) atoms. The third-order valence-electron chi connectivity index (χ3n) is 5.76. The summed E-state index contributed by atoms with van der Waals surface area (Å²) in [7, 11) is 0. The average Bonchev–Trinajstić information content (AvgIpc) is 2.82. The zero-order chi connectivity index (χ0) is 24.4. The number of aryl methyl sites for hydroxylation is 1. The molecule has 4 aromatic rings. The van der Waals surface area contributed by atoms with Crippen LogP contribution in [0.2, 0.25) is 0 Å². The second-order valence-electron chi connectivity index (χ2n) is 8.15. The summed E-state index contributed by atoms with van der Waals surface area (Å²) in [5.74, 6) is -1.24. The molecule has 3 aromatic carbocycles. The molecular weight excluding hydrogens is 432 g/mol. The first-order valence-electron chi connectivity index (χ1n) is 10.8. The summed E-state index contributed by atoms with van der Waals surface area (Å²) in [6.07, 6.45) is -0.328. The summed E-state index contributed by atoms with van der Waals surface area (Å²) in [6, 6.07) is 19.5. The van der Waals surface area contributed by atoms with Crippen LogP contribution >= 0.6 is 0 Å². The van der Waals surface area contributed by atoms with Gasteiger partial charge in [0.25, 0.3) is 5.56 Å². The highest BCUT2D eigenvalue weighted by Gasteiger charge is 2.27. The van der Waals surface area contributed by atoms with Crippen LogP contribution in [-0.2, 0) is 4.79 Å². The van der Waals surface area contributed by atoms with Gasteiger partial charge in [0.2, 0.25) is 0 Å². The van der Waals surface area contributed by atoms with Gasteiger partial charge in [-0.05, 0) is 61.9 Å². The Kier molecular flexibility index (Phi) is 6.19. The third-order valence-corrected chi connectivity index (χ3v) is 5.76. The Morgan fingerprint density at radius 3 is 2.32 bits per heavy atom. The molecule has 0 unspecified atom stereocenters. The number of phenols is 1. The molecule has 4 rings (SSSR count). The molecule has 0 amide bonds. The molecule has 3 N–H and O–H groups in total. The predicted octanol–water partition coefficient (Wildman–Crippen LogP) is 4.35. The van der Waals surface area contributed by atoms with Gasteiger partial charge < -0.3 is 15.5 Å². The lowest BCUT2D eigenvalue weighted by Gasteiger charge is -2.19. The lowest BCUT2D eigenvalue weighted by Crippen LogP contribution is -2.33. The number of hydrogen-bond donors (Lipinski definition) is 3. The molecule has 0 radical (unpaired) electrons. The van der Waals surface area contributed by atoms with Gasteiger partial charge in [-0.25, -0.2) is 0 Å². The molecule has 0 bridgehead atoms. The second kappa shape index (κ2) is 9.23. The molecule has 7 heteroatoms. The van der Waals surface area contributed by atoms with Gasteiger partial charge in [-0.1, -0.05) is 30.3 Å². The summed E-state index contributed by atoms with van der Waals surface area (Å²) >= 11 is 0. The van der Waals surface area contributed by atoms with Crippen molar-refractivity contribution in [3.05, 3.63) is 94.3 Å². The number of fused-ring (bicyclic) bond motifs is 1. The summed E-state index contributed by atoms with van der Waals surface area (Å²) in [5, 5.41) is 24.0. The van der Waals surface area contributed by atoms with Crippen molar-refractivity contribution in [2.45, 2.75) is 26.3 Å². The number of para-hydroxylation sites is 2. The number of carbonyl (C=O) groups is 2. The van der Waals surface area contributed by atoms with E-state index < -0.39 is 23.1 Å². The number of rotatable bonds is 7. The normalized spacial score (nSPS) is 11.8. The van der Waals surface area contributed by atoms with Gasteiger partial charge in [-0.3, -0.25) is 19.0 Å². The molecule has 172 valence electrons. The van der Waals surface area contributed by atoms with Gasteiger partial charge in [0.05, 0.1) is 11.6 Å². The number of Topliss-reactive ketones (excluding diaryl/α,β-unsaturated/α-hetero) is 2. The number of pyridine rings is 1. The number of anilines is 1. The number of aromatic hydroxyl groups is 2. The minimum absolute atomic E-state index is 0.114. The number of nitrogens with one attached hydrogen (secondary N) is 1. The highest BCUT2D eigenvalue weighted by Crippen LogP contribution is 2.29. The third kappa shape index (κ3) is 4.28. The van der Waals surface area contributed by atoms with E-state index in [-0.39, 0.29) is 23.5 Å². The topological polar surface area (TPSA) is 109 Å². The molecule has 0 aliphatic heterocycles. The van der Waals surface area contributed by atoms with E-state index in [4.69, 9.17) is 0 Å². The number of ketones is 2. The summed E-state index contributed by atoms with van der Waals surface area (Å²) < 4.78 is 1.39. The standard InChI is InChI=1S/C27H24N2O5/c1-16-14-18(12-13-23(16)31)28-21(17(2)30)15-24(32)25-26(33)20-10-6-7-11-22(20)29(27(25)34)19-8-4-3-5-9-19/h3-14,21,28,31,33H,15H2,1-2H3/t21-/m0/s1. The number of benzene rings is 3. The molecule has 0 spiro atoms. The smallest absolute Gasteiger partial charge is 0.270 e. The highest BCUT2D eigenvalue weighted by molar-refractivity contribution is 6.06. The van der Waals surface area contributed by atoms with Crippen LogP contribution in [0.15, 0.2) is 77.6 Å². The molecular formula is C27H24N2O5. The Bertz CT molecular complexity index is 1460. The number of carbonyl (C=O) groups excluding carboxylic acids is 2. The van der Waals surface area contributed by atoms with E-state index in [1.807, 2.05) is 6.07 Å². The van der Waals surface area contributed by atoms with Gasteiger partial charge in [-0.2, -0.15) is 0 Å². The van der Waals surface area contributed by atoms with E-state index in [0.29, 0.717) is 27.8 Å². The summed E-state index contributed by atoms with van der Waals surface area (Å²) in [4.78, 5) is 39.1. The van der Waals surface area contributed by atoms with Crippen molar-refractivity contribution >= 4 is 28.2 Å². The Hall–Kier alpha value is -4.39. The molecule has 0 saturated heterocycles. The molecule has 0 aliphatic rings. The van der Waals surface area contributed by atoms with Crippen molar-refractivity contribution in [2.75, 3.05) is 5.32 Å². The fourth-order valence-corrected chi connectivity index (χ4v) is 3.94. The monoisotopic (exact) mass is 456 g/mol. The van der Waals surface area contributed by atoms with E-state index in [0.717, 1.165) is 0 Å². The largest absolute Gasteiger partial charge is 0.508 e. The first kappa shape index (κ1) is 22.8. The SMILES string of the molecule is CC(=O)[C@H](CC(=O)c1c(O)c2ccccc2n(-c2ccccc2)c1=O)Nc1ccc(O)c(C)c1. The average molecular weight is 456 g/mol. The van der Waals surface area contributed by atoms with Gasteiger partial charge in [0.15, 0.2) is 11.6 Å². The molecule has 0 fully saturated rings. The minimum atomic E-state index is -0.924. The number of aromatic nitrogens is 1. The Labute approximate surface area is 195 Å². The quantitative estimate of drug-likeness (QED) is 0.282. The lowest BCUT2D eigenvalue weighted by molar-refractivity contribution is -0.117. The maximum atomic E-state index is 13.5. The van der Waals surface area contributed by atoms with Crippen LogP contribution in [-0.4, -0.2) is 32.4 Å². The van der Waals surface area contributed by atoms with Crippen LogP contribution in [0, 0.1) is 6.92 Å². The first-order chi connectivity index (χ1) is 16.3. The molecule has 0 aliphatic carbocycles. The first-order valence-corrected chi connectivity index (χ1v) is 10.8.